The van der Waals surface area contributed by atoms with Crippen LogP contribution in [0.5, 0.6) is 0 Å². The predicted molar refractivity (Wildman–Crippen MR) is 96.4 cm³/mol. The van der Waals surface area contributed by atoms with E-state index in [0.717, 1.165) is 27.4 Å². The molecular weight excluding hydrogens is 417 g/mol. The molecule has 0 radical (unpaired) electrons. The number of pyridine rings is 1. The third-order valence-corrected chi connectivity index (χ3v) is 5.14. The van der Waals surface area contributed by atoms with Crippen LogP contribution in [0, 0.1) is 0 Å². The standard InChI is InChI=1S/C16H16BrF3N4S/c1-3-24-14-11(5-9(7-22-14)16(18,19)20)23-15(24)13-12(25-4-2)6-10(17)8-21-13/h5-8,14,22H,3-4H2,1-2H3. The zero-order valence-electron chi connectivity index (χ0n) is 13.6. The molecule has 2 aliphatic rings. The van der Waals surface area contributed by atoms with Gasteiger partial charge in [0.15, 0.2) is 5.84 Å². The first kappa shape index (κ1) is 18.3. The summed E-state index contributed by atoms with van der Waals surface area (Å²) in [4.78, 5) is 11.8. The molecule has 0 amide bonds. The summed E-state index contributed by atoms with van der Waals surface area (Å²) in [7, 11) is 0. The number of nitrogens with zero attached hydrogens (tertiary/aromatic N) is 3. The lowest BCUT2D eigenvalue weighted by Gasteiger charge is -2.29. The molecule has 3 rings (SSSR count). The average Bonchev–Trinajstić information content (AvgIpc) is 2.92. The zero-order valence-corrected chi connectivity index (χ0v) is 16.0. The SMILES string of the molecule is CCSc1cc(Br)cnc1C1=NC2=CC(C(F)(F)F)=CNC2N1CC. The monoisotopic (exact) mass is 432 g/mol. The first-order valence-corrected chi connectivity index (χ1v) is 9.52. The van der Waals surface area contributed by atoms with E-state index in [1.54, 1.807) is 18.0 Å². The van der Waals surface area contributed by atoms with Crippen LogP contribution in [0.15, 0.2) is 50.2 Å². The molecule has 4 nitrogen and oxygen atoms in total. The number of hydrogen-bond acceptors (Lipinski definition) is 5. The fraction of sp³-hybridized carbons (Fsp3) is 0.375. The number of dihydropyridines is 1. The van der Waals surface area contributed by atoms with E-state index >= 15 is 0 Å². The van der Waals surface area contributed by atoms with Crippen LogP contribution in [0.4, 0.5) is 13.2 Å². The number of allylic oxidation sites excluding steroid dienone is 2. The zero-order chi connectivity index (χ0) is 18.2. The molecule has 0 aliphatic carbocycles. The predicted octanol–water partition coefficient (Wildman–Crippen LogP) is 4.30. The second-order valence-corrected chi connectivity index (χ2v) is 7.61. The number of likely N-dealkylation sites (N-methyl/N-ethyl adjacent to an activating group) is 1. The Labute approximate surface area is 156 Å². The Morgan fingerprint density at radius 2 is 2.12 bits per heavy atom. The molecule has 1 N–H and O–H groups in total. The molecule has 9 heteroatoms. The van der Waals surface area contributed by atoms with Crippen LogP contribution in [0.1, 0.15) is 19.5 Å². The van der Waals surface area contributed by atoms with Crippen LogP contribution >= 0.6 is 27.7 Å². The normalized spacial score (nSPS) is 19.8. The second kappa shape index (κ2) is 7.03. The number of halogens is 4. The molecule has 0 saturated carbocycles. The Morgan fingerprint density at radius 1 is 1.36 bits per heavy atom. The van der Waals surface area contributed by atoms with Gasteiger partial charge in [-0.05, 0) is 40.7 Å². The topological polar surface area (TPSA) is 40.5 Å². The number of nitrogens with one attached hydrogen (secondary N) is 1. The summed E-state index contributed by atoms with van der Waals surface area (Å²) in [5.74, 6) is 1.45. The minimum absolute atomic E-state index is 0.351. The summed E-state index contributed by atoms with van der Waals surface area (Å²) in [5, 5.41) is 2.82. The van der Waals surface area contributed by atoms with Gasteiger partial charge in [0.1, 0.15) is 11.9 Å². The van der Waals surface area contributed by atoms with Gasteiger partial charge in [0.2, 0.25) is 0 Å². The smallest absolute Gasteiger partial charge is 0.366 e. The van der Waals surface area contributed by atoms with Crippen molar-refractivity contribution in [3.8, 4) is 0 Å². The molecule has 0 saturated heterocycles. The second-order valence-electron chi connectivity index (χ2n) is 5.39. The van der Waals surface area contributed by atoms with Crippen molar-refractivity contribution in [3.63, 3.8) is 0 Å². The maximum atomic E-state index is 13.0. The molecule has 1 atom stereocenters. The molecular formula is C16H16BrF3N4S. The van der Waals surface area contributed by atoms with Crippen LogP contribution in [-0.2, 0) is 0 Å². The van der Waals surface area contributed by atoms with E-state index in [2.05, 4.69) is 31.2 Å². The molecule has 0 aromatic carbocycles. The third-order valence-electron chi connectivity index (χ3n) is 3.80. The molecule has 134 valence electrons. The summed E-state index contributed by atoms with van der Waals surface area (Å²) >= 11 is 5.03. The van der Waals surface area contributed by atoms with E-state index in [9.17, 15) is 13.2 Å². The first-order valence-electron chi connectivity index (χ1n) is 7.74. The molecule has 1 aromatic heterocycles. The van der Waals surface area contributed by atoms with E-state index in [-0.39, 0.29) is 0 Å². The molecule has 0 spiro atoms. The van der Waals surface area contributed by atoms with E-state index in [1.165, 1.54) is 0 Å². The van der Waals surface area contributed by atoms with Crippen molar-refractivity contribution in [1.82, 2.24) is 15.2 Å². The van der Waals surface area contributed by atoms with Crippen LogP contribution in [0.3, 0.4) is 0 Å². The molecule has 25 heavy (non-hydrogen) atoms. The molecule has 1 unspecified atom stereocenters. The van der Waals surface area contributed by atoms with Crippen molar-refractivity contribution in [2.24, 2.45) is 4.99 Å². The van der Waals surface area contributed by atoms with Gasteiger partial charge in [-0.15, -0.1) is 11.8 Å². The maximum absolute atomic E-state index is 13.0. The first-order chi connectivity index (χ1) is 11.8. The number of hydrogen-bond donors (Lipinski definition) is 1. The highest BCUT2D eigenvalue weighted by Gasteiger charge is 2.40. The highest BCUT2D eigenvalue weighted by molar-refractivity contribution is 9.10. The quantitative estimate of drug-likeness (QED) is 0.720. The van der Waals surface area contributed by atoms with Crippen molar-refractivity contribution >= 4 is 33.5 Å². The van der Waals surface area contributed by atoms with Gasteiger partial charge in [-0.25, -0.2) is 4.99 Å². The fourth-order valence-corrected chi connectivity index (χ4v) is 4.01. The number of amidine groups is 1. The summed E-state index contributed by atoms with van der Waals surface area (Å²) in [6.45, 7) is 4.57. The summed E-state index contributed by atoms with van der Waals surface area (Å²) in [6, 6.07) is 1.95. The largest absolute Gasteiger partial charge is 0.417 e. The Balaban J connectivity index is 2.04. The highest BCUT2D eigenvalue weighted by Crippen LogP contribution is 2.35. The van der Waals surface area contributed by atoms with Gasteiger partial charge in [-0.2, -0.15) is 13.2 Å². The number of rotatable bonds is 4. The highest BCUT2D eigenvalue weighted by atomic mass is 79.9. The van der Waals surface area contributed by atoms with E-state index in [0.29, 0.717) is 23.8 Å². The van der Waals surface area contributed by atoms with Gasteiger partial charge >= 0.3 is 6.18 Å². The summed E-state index contributed by atoms with van der Waals surface area (Å²) < 4.78 is 39.8. The molecule has 3 heterocycles. The van der Waals surface area contributed by atoms with Crippen LogP contribution < -0.4 is 5.32 Å². The Morgan fingerprint density at radius 3 is 2.76 bits per heavy atom. The molecule has 2 aliphatic heterocycles. The van der Waals surface area contributed by atoms with Crippen LogP contribution in [0.25, 0.3) is 0 Å². The van der Waals surface area contributed by atoms with Gasteiger partial charge in [-0.3, -0.25) is 4.98 Å². The summed E-state index contributed by atoms with van der Waals surface area (Å²) in [5.41, 5.74) is 0.304. The summed E-state index contributed by atoms with van der Waals surface area (Å²) in [6.07, 6.45) is -1.03. The number of aromatic nitrogens is 1. The van der Waals surface area contributed by atoms with Crippen molar-refractivity contribution in [1.29, 1.82) is 0 Å². The molecule has 1 aromatic rings. The van der Waals surface area contributed by atoms with E-state index < -0.39 is 17.9 Å². The Kier molecular flexibility index (Phi) is 5.15. The fourth-order valence-electron chi connectivity index (χ4n) is 2.73. The van der Waals surface area contributed by atoms with Gasteiger partial charge in [-0.1, -0.05) is 6.92 Å². The Hall–Kier alpha value is -1.48. The molecule has 0 bridgehead atoms. The van der Waals surface area contributed by atoms with Gasteiger partial charge in [0.05, 0.1) is 11.3 Å². The number of fused-ring (bicyclic) bond motifs is 1. The number of aliphatic imine (C=N–C) groups is 1. The van der Waals surface area contributed by atoms with Crippen LogP contribution in [-0.4, -0.2) is 40.4 Å². The van der Waals surface area contributed by atoms with Gasteiger partial charge in [0, 0.05) is 28.3 Å². The Bertz CT molecular complexity index is 773. The lowest BCUT2D eigenvalue weighted by atomic mass is 10.1. The van der Waals surface area contributed by atoms with Crippen molar-refractivity contribution in [3.05, 3.63) is 46.0 Å². The molecule has 0 fully saturated rings. The van der Waals surface area contributed by atoms with Crippen molar-refractivity contribution in [2.75, 3.05) is 12.3 Å². The van der Waals surface area contributed by atoms with Crippen LogP contribution in [0.2, 0.25) is 0 Å². The number of alkyl halides is 3. The lowest BCUT2D eigenvalue weighted by molar-refractivity contribution is -0.0890. The average molecular weight is 433 g/mol. The minimum Gasteiger partial charge on any atom is -0.366 e. The van der Waals surface area contributed by atoms with Gasteiger partial charge < -0.3 is 10.2 Å². The number of thioether (sulfide) groups is 1. The van der Waals surface area contributed by atoms with Crippen molar-refractivity contribution in [2.45, 2.75) is 31.1 Å². The lowest BCUT2D eigenvalue weighted by Crippen LogP contribution is -2.45. The van der Waals surface area contributed by atoms with E-state index in [1.807, 2.05) is 24.8 Å². The maximum Gasteiger partial charge on any atom is 0.417 e. The van der Waals surface area contributed by atoms with E-state index in [4.69, 9.17) is 0 Å². The third kappa shape index (κ3) is 3.57. The van der Waals surface area contributed by atoms with Crippen molar-refractivity contribution < 1.29 is 13.2 Å². The minimum atomic E-state index is -4.40. The van der Waals surface area contributed by atoms with Gasteiger partial charge in [0.25, 0.3) is 0 Å².